The van der Waals surface area contributed by atoms with Crippen molar-refractivity contribution in [3.63, 3.8) is 0 Å². The molecule has 0 bridgehead atoms. The fraction of sp³-hybridized carbons (Fsp3) is 0.438. The zero-order chi connectivity index (χ0) is 17.5. The first-order valence-electron chi connectivity index (χ1n) is 7.57. The molecule has 128 valence electrons. The van der Waals surface area contributed by atoms with Gasteiger partial charge in [0.15, 0.2) is 0 Å². The Balaban J connectivity index is 3.04. The Labute approximate surface area is 138 Å². The summed E-state index contributed by atoms with van der Waals surface area (Å²) in [6.07, 6.45) is 2.85. The molecular weight excluding hydrogens is 314 g/mol. The Bertz CT molecular complexity index is 644. The summed E-state index contributed by atoms with van der Waals surface area (Å²) < 4.78 is 26.6. The minimum atomic E-state index is -3.66. The topological polar surface area (TPSA) is 101 Å². The molecule has 1 aromatic carbocycles. The summed E-state index contributed by atoms with van der Waals surface area (Å²) in [5.41, 5.74) is 5.58. The number of hydrogen-bond acceptors (Lipinski definition) is 4. The van der Waals surface area contributed by atoms with Crippen molar-refractivity contribution in [1.29, 1.82) is 0 Å². The van der Waals surface area contributed by atoms with Crippen molar-refractivity contribution < 1.29 is 13.2 Å². The van der Waals surface area contributed by atoms with Crippen LogP contribution in [-0.2, 0) is 10.0 Å². The lowest BCUT2D eigenvalue weighted by atomic mass is 9.92. The molecule has 0 heterocycles. The summed E-state index contributed by atoms with van der Waals surface area (Å²) in [4.78, 5) is 12.5. The molecule has 1 aromatic rings. The van der Waals surface area contributed by atoms with Gasteiger partial charge in [-0.3, -0.25) is 4.79 Å². The molecular formula is C16H25N3O3S. The summed E-state index contributed by atoms with van der Waals surface area (Å²) in [5.74, 6) is -0.333. The standard InChI is InChI=1S/C16H25N3O3S/c1-4-10-18-23(21,22)14-9-7-8-13(11-14)15(20)19-16(5-2,6-3)12-17/h4,7-9,11,18H,1,5-6,10,12,17H2,2-3H3,(H,19,20). The number of amides is 1. The maximum Gasteiger partial charge on any atom is 0.251 e. The monoisotopic (exact) mass is 339 g/mol. The lowest BCUT2D eigenvalue weighted by Crippen LogP contribution is -2.52. The molecule has 7 heteroatoms. The highest BCUT2D eigenvalue weighted by Crippen LogP contribution is 2.16. The quantitative estimate of drug-likeness (QED) is 0.592. The largest absolute Gasteiger partial charge is 0.345 e. The van der Waals surface area contributed by atoms with Gasteiger partial charge in [0.2, 0.25) is 10.0 Å². The van der Waals surface area contributed by atoms with Gasteiger partial charge in [-0.2, -0.15) is 0 Å². The summed E-state index contributed by atoms with van der Waals surface area (Å²) in [7, 11) is -3.66. The number of sulfonamides is 1. The van der Waals surface area contributed by atoms with E-state index in [1.165, 1.54) is 18.2 Å². The smallest absolute Gasteiger partial charge is 0.251 e. The van der Waals surface area contributed by atoms with Gasteiger partial charge in [0.25, 0.3) is 5.91 Å². The minimum absolute atomic E-state index is 0.0401. The number of carbonyl (C=O) groups excluding carboxylic acids is 1. The third kappa shape index (κ3) is 4.89. The zero-order valence-corrected chi connectivity index (χ0v) is 14.4. The van der Waals surface area contributed by atoms with Gasteiger partial charge >= 0.3 is 0 Å². The van der Waals surface area contributed by atoms with Crippen LogP contribution in [0, 0.1) is 0 Å². The maximum atomic E-state index is 12.4. The third-order valence-electron chi connectivity index (χ3n) is 3.95. The first kappa shape index (κ1) is 19.3. The molecule has 0 atom stereocenters. The number of nitrogens with two attached hydrogens (primary N) is 1. The van der Waals surface area contributed by atoms with E-state index in [9.17, 15) is 13.2 Å². The van der Waals surface area contributed by atoms with Crippen molar-refractivity contribution >= 4 is 15.9 Å². The van der Waals surface area contributed by atoms with E-state index in [1.807, 2.05) is 13.8 Å². The van der Waals surface area contributed by atoms with Crippen LogP contribution in [0.2, 0.25) is 0 Å². The summed E-state index contributed by atoms with van der Waals surface area (Å²) in [6, 6.07) is 5.92. The fourth-order valence-corrected chi connectivity index (χ4v) is 3.18. The number of carbonyl (C=O) groups is 1. The van der Waals surface area contributed by atoms with E-state index in [0.717, 1.165) is 0 Å². The van der Waals surface area contributed by atoms with E-state index in [2.05, 4.69) is 16.6 Å². The molecule has 4 N–H and O–H groups in total. The second-order valence-electron chi connectivity index (χ2n) is 5.31. The van der Waals surface area contributed by atoms with Crippen molar-refractivity contribution in [3.05, 3.63) is 42.5 Å². The molecule has 0 aliphatic rings. The van der Waals surface area contributed by atoms with E-state index in [4.69, 9.17) is 5.73 Å². The second kappa shape index (κ2) is 8.24. The number of rotatable bonds is 9. The van der Waals surface area contributed by atoms with Crippen molar-refractivity contribution in [2.45, 2.75) is 37.1 Å². The highest BCUT2D eigenvalue weighted by Gasteiger charge is 2.27. The number of nitrogens with one attached hydrogen (secondary N) is 2. The lowest BCUT2D eigenvalue weighted by molar-refractivity contribution is 0.0895. The van der Waals surface area contributed by atoms with Crippen molar-refractivity contribution in [1.82, 2.24) is 10.0 Å². The highest BCUT2D eigenvalue weighted by molar-refractivity contribution is 7.89. The third-order valence-corrected chi connectivity index (χ3v) is 5.37. The Morgan fingerprint density at radius 2 is 2.00 bits per heavy atom. The van der Waals surface area contributed by atoms with Crippen LogP contribution in [0.3, 0.4) is 0 Å². The lowest BCUT2D eigenvalue weighted by Gasteiger charge is -2.31. The SMILES string of the molecule is C=CCNS(=O)(=O)c1cccc(C(=O)NC(CC)(CC)CN)c1. The fourth-order valence-electron chi connectivity index (χ4n) is 2.14. The van der Waals surface area contributed by atoms with Gasteiger partial charge in [-0.25, -0.2) is 13.1 Å². The summed E-state index contributed by atoms with van der Waals surface area (Å²) in [5, 5.41) is 2.92. The van der Waals surface area contributed by atoms with Crippen LogP contribution in [0.25, 0.3) is 0 Å². The first-order valence-corrected chi connectivity index (χ1v) is 9.05. The van der Waals surface area contributed by atoms with Crippen LogP contribution in [0.1, 0.15) is 37.0 Å². The van der Waals surface area contributed by atoms with E-state index < -0.39 is 15.6 Å². The van der Waals surface area contributed by atoms with Gasteiger partial charge in [0.05, 0.1) is 10.4 Å². The normalized spacial score (nSPS) is 12.0. The Kier molecular flexibility index (Phi) is 6.93. The van der Waals surface area contributed by atoms with E-state index in [-0.39, 0.29) is 22.9 Å². The minimum Gasteiger partial charge on any atom is -0.345 e. The van der Waals surface area contributed by atoms with Crippen molar-refractivity contribution in [2.24, 2.45) is 5.73 Å². The Morgan fingerprint density at radius 1 is 1.35 bits per heavy atom. The van der Waals surface area contributed by atoms with Crippen molar-refractivity contribution in [3.8, 4) is 0 Å². The first-order chi connectivity index (χ1) is 10.8. The van der Waals surface area contributed by atoms with Gasteiger partial charge in [-0.15, -0.1) is 6.58 Å². The maximum absolute atomic E-state index is 12.4. The molecule has 1 rings (SSSR count). The molecule has 0 radical (unpaired) electrons. The predicted molar refractivity (Wildman–Crippen MR) is 91.7 cm³/mol. The number of benzene rings is 1. The van der Waals surface area contributed by atoms with Crippen LogP contribution < -0.4 is 15.8 Å². The molecule has 0 fully saturated rings. The molecule has 0 unspecified atom stereocenters. The molecule has 0 aliphatic carbocycles. The van der Waals surface area contributed by atoms with Gasteiger partial charge in [0, 0.05) is 18.7 Å². The average Bonchev–Trinajstić information content (AvgIpc) is 2.58. The highest BCUT2D eigenvalue weighted by atomic mass is 32.2. The van der Waals surface area contributed by atoms with E-state index in [0.29, 0.717) is 19.4 Å². The molecule has 0 aromatic heterocycles. The van der Waals surface area contributed by atoms with Crippen LogP contribution in [-0.4, -0.2) is 33.0 Å². The average molecular weight is 339 g/mol. The molecule has 1 amide bonds. The van der Waals surface area contributed by atoms with Crippen molar-refractivity contribution in [2.75, 3.05) is 13.1 Å². The second-order valence-corrected chi connectivity index (χ2v) is 7.08. The van der Waals surface area contributed by atoms with E-state index in [1.54, 1.807) is 12.1 Å². The van der Waals surface area contributed by atoms with Gasteiger partial charge in [-0.1, -0.05) is 26.0 Å². The molecule has 0 saturated heterocycles. The predicted octanol–water partition coefficient (Wildman–Crippen LogP) is 1.40. The zero-order valence-electron chi connectivity index (χ0n) is 13.6. The van der Waals surface area contributed by atoms with Crippen LogP contribution >= 0.6 is 0 Å². The van der Waals surface area contributed by atoms with Gasteiger partial charge < -0.3 is 11.1 Å². The Hall–Kier alpha value is -1.70. The van der Waals surface area contributed by atoms with Gasteiger partial charge in [0.1, 0.15) is 0 Å². The molecule has 23 heavy (non-hydrogen) atoms. The molecule has 0 spiro atoms. The molecule has 0 aliphatic heterocycles. The van der Waals surface area contributed by atoms with Gasteiger partial charge in [-0.05, 0) is 31.0 Å². The number of hydrogen-bond donors (Lipinski definition) is 3. The molecule has 6 nitrogen and oxygen atoms in total. The summed E-state index contributed by atoms with van der Waals surface area (Å²) >= 11 is 0. The van der Waals surface area contributed by atoms with Crippen LogP contribution in [0.15, 0.2) is 41.8 Å². The summed E-state index contributed by atoms with van der Waals surface area (Å²) in [6.45, 7) is 7.83. The van der Waals surface area contributed by atoms with Crippen LogP contribution in [0.5, 0.6) is 0 Å². The van der Waals surface area contributed by atoms with Crippen LogP contribution in [0.4, 0.5) is 0 Å². The molecule has 0 saturated carbocycles. The Morgan fingerprint density at radius 3 is 2.52 bits per heavy atom. The van der Waals surface area contributed by atoms with E-state index >= 15 is 0 Å².